The van der Waals surface area contributed by atoms with Crippen molar-refractivity contribution in [3.8, 4) is 22.9 Å². The third kappa shape index (κ3) is 3.21. The van der Waals surface area contributed by atoms with E-state index in [1.807, 2.05) is 36.6 Å². The standard InChI is InChI=1S/C18H13Br2N3O2S/c1-26-18-21-17-15(22-23-18)11-5-3-2-4-9(11)8-14(25-17)10-6-12(19)16(24)13(20)7-10/h2-7,14,24H,8H2,1H3. The third-order valence-electron chi connectivity index (χ3n) is 4.16. The Morgan fingerprint density at radius 2 is 1.88 bits per heavy atom. The van der Waals surface area contributed by atoms with Crippen molar-refractivity contribution in [1.82, 2.24) is 15.2 Å². The number of rotatable bonds is 2. The number of nitrogens with zero attached hydrogens (tertiary/aromatic N) is 3. The van der Waals surface area contributed by atoms with Crippen LogP contribution in [0.1, 0.15) is 17.2 Å². The van der Waals surface area contributed by atoms with E-state index in [4.69, 9.17) is 4.74 Å². The highest BCUT2D eigenvalue weighted by atomic mass is 79.9. The second-order valence-corrected chi connectivity index (χ2v) is 8.24. The molecule has 0 fully saturated rings. The van der Waals surface area contributed by atoms with E-state index in [2.05, 4.69) is 53.1 Å². The normalized spacial score (nSPS) is 15.6. The molecule has 0 saturated heterocycles. The summed E-state index contributed by atoms with van der Waals surface area (Å²) >= 11 is 8.21. The van der Waals surface area contributed by atoms with Crippen molar-refractivity contribution in [2.24, 2.45) is 0 Å². The predicted octanol–water partition coefficient (Wildman–Crippen LogP) is 5.17. The average molecular weight is 495 g/mol. The van der Waals surface area contributed by atoms with Gasteiger partial charge in [0.25, 0.3) is 0 Å². The fourth-order valence-corrected chi connectivity index (χ4v) is 4.42. The van der Waals surface area contributed by atoms with E-state index in [9.17, 15) is 5.11 Å². The first-order valence-corrected chi connectivity index (χ1v) is 10.6. The van der Waals surface area contributed by atoms with Crippen LogP contribution >= 0.6 is 43.6 Å². The molecule has 1 aliphatic heterocycles. The predicted molar refractivity (Wildman–Crippen MR) is 108 cm³/mol. The minimum atomic E-state index is -0.267. The Labute approximate surface area is 171 Å². The number of halogens is 2. The third-order valence-corrected chi connectivity index (χ3v) is 5.91. The van der Waals surface area contributed by atoms with E-state index in [1.165, 1.54) is 11.8 Å². The Hall–Kier alpha value is -1.64. The molecule has 1 N–H and O–H groups in total. The largest absolute Gasteiger partial charge is 0.506 e. The van der Waals surface area contributed by atoms with E-state index >= 15 is 0 Å². The summed E-state index contributed by atoms with van der Waals surface area (Å²) in [5.41, 5.74) is 3.67. The molecule has 1 aromatic heterocycles. The Bertz CT molecular complexity index is 977. The topological polar surface area (TPSA) is 68.1 Å². The minimum absolute atomic E-state index is 0.164. The maximum atomic E-state index is 10.0. The second kappa shape index (κ2) is 7.17. The molecule has 2 aromatic carbocycles. The zero-order chi connectivity index (χ0) is 18.3. The Balaban J connectivity index is 1.87. The number of thioether (sulfide) groups is 1. The quantitative estimate of drug-likeness (QED) is 0.496. The first-order valence-electron chi connectivity index (χ1n) is 7.78. The lowest BCUT2D eigenvalue weighted by atomic mass is 9.97. The van der Waals surface area contributed by atoms with Gasteiger partial charge >= 0.3 is 0 Å². The van der Waals surface area contributed by atoms with Crippen molar-refractivity contribution in [1.29, 1.82) is 0 Å². The number of hydrogen-bond donors (Lipinski definition) is 1. The molecule has 26 heavy (non-hydrogen) atoms. The lowest BCUT2D eigenvalue weighted by Gasteiger charge is -2.18. The molecule has 0 saturated carbocycles. The van der Waals surface area contributed by atoms with Crippen molar-refractivity contribution in [2.75, 3.05) is 6.26 Å². The SMILES string of the molecule is CSc1nnc2c(n1)OC(c1cc(Br)c(O)c(Br)c1)Cc1ccccc1-2. The lowest BCUT2D eigenvalue weighted by molar-refractivity contribution is 0.198. The summed E-state index contributed by atoms with van der Waals surface area (Å²) in [6.45, 7) is 0. The maximum Gasteiger partial charge on any atom is 0.245 e. The van der Waals surface area contributed by atoms with Crippen LogP contribution in [0.2, 0.25) is 0 Å². The summed E-state index contributed by atoms with van der Waals surface area (Å²) in [4.78, 5) is 4.52. The molecule has 1 atom stereocenters. The van der Waals surface area contributed by atoms with Crippen LogP contribution in [0, 0.1) is 0 Å². The van der Waals surface area contributed by atoms with Gasteiger partial charge in [-0.3, -0.25) is 0 Å². The van der Waals surface area contributed by atoms with Gasteiger partial charge in [0.1, 0.15) is 11.9 Å². The summed E-state index contributed by atoms with van der Waals surface area (Å²) in [5.74, 6) is 0.636. The minimum Gasteiger partial charge on any atom is -0.506 e. The lowest BCUT2D eigenvalue weighted by Crippen LogP contribution is -2.11. The van der Waals surface area contributed by atoms with Gasteiger partial charge in [0.15, 0.2) is 5.69 Å². The molecular formula is C18H13Br2N3O2S. The van der Waals surface area contributed by atoms with Gasteiger partial charge in [-0.25, -0.2) is 0 Å². The molecule has 0 aliphatic carbocycles. The fourth-order valence-electron chi connectivity index (χ4n) is 2.90. The van der Waals surface area contributed by atoms with Gasteiger partial charge in [-0.1, -0.05) is 36.0 Å². The van der Waals surface area contributed by atoms with Gasteiger partial charge < -0.3 is 9.84 Å². The molecule has 0 radical (unpaired) electrons. The Morgan fingerprint density at radius 1 is 1.15 bits per heavy atom. The smallest absolute Gasteiger partial charge is 0.245 e. The fraction of sp³-hybridized carbons (Fsp3) is 0.167. The van der Waals surface area contributed by atoms with Gasteiger partial charge in [-0.05, 0) is 61.4 Å². The molecule has 4 rings (SSSR count). The second-order valence-electron chi connectivity index (χ2n) is 5.75. The Morgan fingerprint density at radius 3 is 2.62 bits per heavy atom. The number of benzene rings is 2. The average Bonchev–Trinajstić information content (AvgIpc) is 2.81. The molecular weight excluding hydrogens is 482 g/mol. The van der Waals surface area contributed by atoms with Crippen LogP contribution in [0.25, 0.3) is 11.3 Å². The summed E-state index contributed by atoms with van der Waals surface area (Å²) in [6, 6.07) is 11.8. The number of phenolic OH excluding ortho intramolecular Hbond substituents is 1. The molecule has 0 bridgehead atoms. The van der Waals surface area contributed by atoms with Gasteiger partial charge in [0, 0.05) is 12.0 Å². The molecule has 2 heterocycles. The molecule has 1 unspecified atom stereocenters. The van der Waals surface area contributed by atoms with Crippen LogP contribution in [0.4, 0.5) is 0 Å². The molecule has 0 spiro atoms. The number of fused-ring (bicyclic) bond motifs is 3. The van der Waals surface area contributed by atoms with Crippen LogP contribution in [0.15, 0.2) is 50.5 Å². The van der Waals surface area contributed by atoms with Gasteiger partial charge in [-0.2, -0.15) is 4.98 Å². The van der Waals surface area contributed by atoms with E-state index in [0.29, 0.717) is 32.1 Å². The molecule has 132 valence electrons. The number of hydrogen-bond acceptors (Lipinski definition) is 6. The zero-order valence-corrected chi connectivity index (χ0v) is 17.6. The summed E-state index contributed by atoms with van der Waals surface area (Å²) < 4.78 is 7.48. The van der Waals surface area contributed by atoms with Crippen molar-refractivity contribution in [2.45, 2.75) is 17.7 Å². The molecule has 1 aliphatic rings. The van der Waals surface area contributed by atoms with Crippen molar-refractivity contribution >= 4 is 43.6 Å². The van der Waals surface area contributed by atoms with Gasteiger partial charge in [-0.15, -0.1) is 10.2 Å². The number of ether oxygens (including phenoxy) is 1. The van der Waals surface area contributed by atoms with Crippen LogP contribution in [0.3, 0.4) is 0 Å². The van der Waals surface area contributed by atoms with Crippen LogP contribution in [0.5, 0.6) is 11.6 Å². The first kappa shape index (κ1) is 17.8. The van der Waals surface area contributed by atoms with Gasteiger partial charge in [0.2, 0.25) is 11.0 Å². The zero-order valence-electron chi connectivity index (χ0n) is 13.6. The maximum absolute atomic E-state index is 10.0. The summed E-state index contributed by atoms with van der Waals surface area (Å²) in [7, 11) is 0. The van der Waals surface area contributed by atoms with Crippen molar-refractivity contribution in [3.05, 3.63) is 56.5 Å². The van der Waals surface area contributed by atoms with E-state index in [-0.39, 0.29) is 11.9 Å². The molecule has 8 heteroatoms. The highest BCUT2D eigenvalue weighted by Crippen LogP contribution is 2.41. The summed E-state index contributed by atoms with van der Waals surface area (Å²) in [6.07, 6.45) is 2.30. The molecule has 3 aromatic rings. The molecule has 0 amide bonds. The van der Waals surface area contributed by atoms with Crippen LogP contribution in [-0.4, -0.2) is 26.5 Å². The number of phenols is 1. The van der Waals surface area contributed by atoms with E-state index in [1.54, 1.807) is 0 Å². The van der Waals surface area contributed by atoms with Crippen molar-refractivity contribution < 1.29 is 9.84 Å². The summed E-state index contributed by atoms with van der Waals surface area (Å²) in [5, 5.41) is 19.1. The van der Waals surface area contributed by atoms with Crippen LogP contribution in [-0.2, 0) is 6.42 Å². The highest BCUT2D eigenvalue weighted by molar-refractivity contribution is 9.11. The highest BCUT2D eigenvalue weighted by Gasteiger charge is 2.27. The first-order chi connectivity index (χ1) is 12.6. The van der Waals surface area contributed by atoms with Crippen LogP contribution < -0.4 is 4.74 Å². The van der Waals surface area contributed by atoms with E-state index < -0.39 is 0 Å². The Kier molecular flexibility index (Phi) is 4.90. The van der Waals surface area contributed by atoms with Gasteiger partial charge in [0.05, 0.1) is 8.95 Å². The number of aromatic nitrogens is 3. The monoisotopic (exact) mass is 493 g/mol. The van der Waals surface area contributed by atoms with Crippen molar-refractivity contribution in [3.63, 3.8) is 0 Å². The van der Waals surface area contributed by atoms with E-state index in [0.717, 1.165) is 16.7 Å². The molecule has 5 nitrogen and oxygen atoms in total. The number of aromatic hydroxyl groups is 1.